The fraction of sp³-hybridized carbons (Fsp3) is 0.600. The largest absolute Gasteiger partial charge is 0.382 e. The Kier molecular flexibility index (Phi) is 6.17. The summed E-state index contributed by atoms with van der Waals surface area (Å²) < 4.78 is 11.1. The van der Waals surface area contributed by atoms with Crippen LogP contribution in [0, 0.1) is 0 Å². The maximum absolute atomic E-state index is 5.25. The quantitative estimate of drug-likeness (QED) is 0.793. The molecule has 1 aromatic heterocycles. The Labute approximate surface area is 109 Å². The zero-order valence-electron chi connectivity index (χ0n) is 10.2. The molecule has 1 rings (SSSR count). The molecule has 2 N–H and O–H groups in total. The van der Waals surface area contributed by atoms with E-state index in [1.54, 1.807) is 21.3 Å². The minimum Gasteiger partial charge on any atom is -0.382 e. The van der Waals surface area contributed by atoms with Crippen molar-refractivity contribution in [1.82, 2.24) is 9.97 Å². The van der Waals surface area contributed by atoms with Crippen LogP contribution in [-0.2, 0) is 9.47 Å². The van der Waals surface area contributed by atoms with Gasteiger partial charge in [0.1, 0.15) is 22.4 Å². The smallest absolute Gasteiger partial charge is 0.146 e. The van der Waals surface area contributed by atoms with Gasteiger partial charge in [-0.3, -0.25) is 0 Å². The van der Waals surface area contributed by atoms with Crippen molar-refractivity contribution in [3.05, 3.63) is 10.8 Å². The summed E-state index contributed by atoms with van der Waals surface area (Å²) in [6, 6.07) is 0. The van der Waals surface area contributed by atoms with E-state index < -0.39 is 0 Å². The average Bonchev–Trinajstić information content (AvgIpc) is 2.36. The van der Waals surface area contributed by atoms with Gasteiger partial charge in [-0.1, -0.05) is 0 Å². The molecule has 17 heavy (non-hydrogen) atoms. The lowest BCUT2D eigenvalue weighted by atomic mass is 10.3. The number of aromatic nitrogens is 2. The molecule has 0 amide bonds. The number of rotatable bonds is 7. The molecule has 1 atom stereocenters. The second-order valence-electron chi connectivity index (χ2n) is 3.33. The van der Waals surface area contributed by atoms with Crippen LogP contribution in [0.4, 0.5) is 11.6 Å². The van der Waals surface area contributed by atoms with Gasteiger partial charge in [0, 0.05) is 27.8 Å². The lowest BCUT2D eigenvalue weighted by Gasteiger charge is -2.16. The van der Waals surface area contributed by atoms with Gasteiger partial charge in [-0.15, -0.1) is 0 Å². The minimum absolute atomic E-state index is 0.0140. The zero-order chi connectivity index (χ0) is 12.7. The Morgan fingerprint density at radius 2 is 2.06 bits per heavy atom. The molecular weight excluding hydrogens is 288 g/mol. The number of nitrogens with one attached hydrogen (secondary N) is 2. The van der Waals surface area contributed by atoms with Crippen LogP contribution in [0.1, 0.15) is 0 Å². The lowest BCUT2D eigenvalue weighted by Crippen LogP contribution is -2.27. The third-order valence-electron chi connectivity index (χ3n) is 2.21. The Morgan fingerprint density at radius 3 is 2.65 bits per heavy atom. The van der Waals surface area contributed by atoms with Gasteiger partial charge in [-0.25, -0.2) is 9.97 Å². The van der Waals surface area contributed by atoms with Crippen LogP contribution in [0.15, 0.2) is 10.8 Å². The summed E-state index contributed by atoms with van der Waals surface area (Å²) in [4.78, 5) is 8.22. The third-order valence-corrected chi connectivity index (χ3v) is 2.96. The number of hydrogen-bond donors (Lipinski definition) is 2. The van der Waals surface area contributed by atoms with Gasteiger partial charge in [0.25, 0.3) is 0 Å². The second-order valence-corrected chi connectivity index (χ2v) is 4.12. The van der Waals surface area contributed by atoms with E-state index in [-0.39, 0.29) is 6.10 Å². The maximum atomic E-state index is 5.25. The monoisotopic (exact) mass is 304 g/mol. The van der Waals surface area contributed by atoms with E-state index in [4.69, 9.17) is 9.47 Å². The molecule has 1 aromatic rings. The molecule has 0 saturated carbocycles. The molecule has 96 valence electrons. The van der Waals surface area contributed by atoms with E-state index in [0.29, 0.717) is 13.2 Å². The summed E-state index contributed by atoms with van der Waals surface area (Å²) in [5.74, 6) is 1.46. The molecule has 0 bridgehead atoms. The summed E-state index contributed by atoms with van der Waals surface area (Å²) in [6.45, 7) is 1.15. The molecule has 0 spiro atoms. The van der Waals surface area contributed by atoms with Crippen molar-refractivity contribution in [3.63, 3.8) is 0 Å². The molecular formula is C10H17BrN4O2. The van der Waals surface area contributed by atoms with Crippen molar-refractivity contribution in [3.8, 4) is 0 Å². The fourth-order valence-corrected chi connectivity index (χ4v) is 1.82. The number of methoxy groups -OCH3 is 2. The molecule has 7 heteroatoms. The van der Waals surface area contributed by atoms with Crippen LogP contribution in [0.25, 0.3) is 0 Å². The predicted octanol–water partition coefficient (Wildman–Crippen LogP) is 1.35. The number of halogens is 1. The van der Waals surface area contributed by atoms with E-state index in [1.165, 1.54) is 6.33 Å². The first-order valence-electron chi connectivity index (χ1n) is 5.16. The third kappa shape index (κ3) is 4.10. The van der Waals surface area contributed by atoms with E-state index in [0.717, 1.165) is 16.1 Å². The first-order chi connectivity index (χ1) is 8.22. The summed E-state index contributed by atoms with van der Waals surface area (Å²) in [7, 11) is 5.10. The summed E-state index contributed by atoms with van der Waals surface area (Å²) in [5, 5.41) is 6.15. The molecule has 0 aliphatic carbocycles. The van der Waals surface area contributed by atoms with Gasteiger partial charge >= 0.3 is 0 Å². The molecule has 1 unspecified atom stereocenters. The van der Waals surface area contributed by atoms with Crippen LogP contribution < -0.4 is 10.6 Å². The van der Waals surface area contributed by atoms with E-state index in [2.05, 4.69) is 36.5 Å². The predicted molar refractivity (Wildman–Crippen MR) is 70.4 cm³/mol. The molecule has 6 nitrogen and oxygen atoms in total. The summed E-state index contributed by atoms with van der Waals surface area (Å²) in [5.41, 5.74) is 0. The Balaban J connectivity index is 2.62. The summed E-state index contributed by atoms with van der Waals surface area (Å²) in [6.07, 6.45) is 1.48. The normalized spacial score (nSPS) is 12.2. The van der Waals surface area contributed by atoms with E-state index >= 15 is 0 Å². The van der Waals surface area contributed by atoms with Crippen LogP contribution in [0.5, 0.6) is 0 Å². The molecule has 0 aliphatic rings. The van der Waals surface area contributed by atoms with Gasteiger partial charge in [0.15, 0.2) is 0 Å². The van der Waals surface area contributed by atoms with E-state index in [1.807, 2.05) is 0 Å². The molecule has 0 saturated heterocycles. The van der Waals surface area contributed by atoms with E-state index in [9.17, 15) is 0 Å². The first-order valence-corrected chi connectivity index (χ1v) is 5.96. The Morgan fingerprint density at radius 1 is 1.35 bits per heavy atom. The number of nitrogens with zero attached hydrogens (tertiary/aromatic N) is 2. The summed E-state index contributed by atoms with van der Waals surface area (Å²) >= 11 is 3.43. The van der Waals surface area contributed by atoms with Crippen LogP contribution in [0.3, 0.4) is 0 Å². The Hall–Kier alpha value is -0.920. The lowest BCUT2D eigenvalue weighted by molar-refractivity contribution is 0.0365. The van der Waals surface area contributed by atoms with Crippen molar-refractivity contribution in [2.24, 2.45) is 0 Å². The highest BCUT2D eigenvalue weighted by atomic mass is 79.9. The average molecular weight is 305 g/mol. The minimum atomic E-state index is -0.0140. The number of hydrogen-bond acceptors (Lipinski definition) is 6. The van der Waals surface area contributed by atoms with Crippen molar-refractivity contribution in [1.29, 1.82) is 0 Å². The van der Waals surface area contributed by atoms with Gasteiger partial charge in [-0.05, 0) is 15.9 Å². The fourth-order valence-electron chi connectivity index (χ4n) is 1.27. The zero-order valence-corrected chi connectivity index (χ0v) is 11.7. The standard InChI is InChI=1S/C10H17BrN4O2/c1-12-9-8(11)10(15-6-14-9)13-4-7(17-3)5-16-2/h6-7H,4-5H2,1-3H3,(H2,12,13,14,15). The van der Waals surface area contributed by atoms with Gasteiger partial charge in [-0.2, -0.15) is 0 Å². The maximum Gasteiger partial charge on any atom is 0.146 e. The molecule has 0 aliphatic heterocycles. The highest BCUT2D eigenvalue weighted by molar-refractivity contribution is 9.10. The molecule has 0 radical (unpaired) electrons. The SMILES string of the molecule is CNc1ncnc(NCC(COC)OC)c1Br. The van der Waals surface area contributed by atoms with Crippen molar-refractivity contribution >= 4 is 27.6 Å². The molecule has 0 aromatic carbocycles. The van der Waals surface area contributed by atoms with Crippen LogP contribution in [0.2, 0.25) is 0 Å². The van der Waals surface area contributed by atoms with Gasteiger partial charge in [0.05, 0.1) is 12.7 Å². The highest BCUT2D eigenvalue weighted by Gasteiger charge is 2.10. The van der Waals surface area contributed by atoms with Gasteiger partial charge in [0.2, 0.25) is 0 Å². The van der Waals surface area contributed by atoms with Crippen molar-refractivity contribution < 1.29 is 9.47 Å². The van der Waals surface area contributed by atoms with Crippen molar-refractivity contribution in [2.75, 3.05) is 45.1 Å². The molecule has 1 heterocycles. The number of anilines is 2. The van der Waals surface area contributed by atoms with Gasteiger partial charge < -0.3 is 20.1 Å². The highest BCUT2D eigenvalue weighted by Crippen LogP contribution is 2.25. The first kappa shape index (κ1) is 14.1. The second kappa shape index (κ2) is 7.41. The van der Waals surface area contributed by atoms with Crippen LogP contribution in [-0.4, -0.2) is 50.5 Å². The van der Waals surface area contributed by atoms with Crippen LogP contribution >= 0.6 is 15.9 Å². The Bertz CT molecular complexity index is 351. The molecule has 0 fully saturated rings. The van der Waals surface area contributed by atoms with Crippen molar-refractivity contribution in [2.45, 2.75) is 6.10 Å². The number of ether oxygens (including phenoxy) is 2. The topological polar surface area (TPSA) is 68.3 Å².